The highest BCUT2D eigenvalue weighted by molar-refractivity contribution is 5.80. The lowest BCUT2D eigenvalue weighted by Gasteiger charge is -2.32. The molecule has 0 spiro atoms. The number of para-hydroxylation sites is 2. The molecule has 2 aliphatic rings. The second kappa shape index (κ2) is 7.63. The van der Waals surface area contributed by atoms with Crippen LogP contribution in [0.5, 0.6) is 0 Å². The summed E-state index contributed by atoms with van der Waals surface area (Å²) in [5, 5.41) is 3.50. The summed E-state index contributed by atoms with van der Waals surface area (Å²) in [5.74, 6) is 1.99. The van der Waals surface area contributed by atoms with E-state index in [2.05, 4.69) is 49.9 Å². The number of morpholine rings is 1. The molecule has 4 rings (SSSR count). The van der Waals surface area contributed by atoms with Crippen molar-refractivity contribution in [2.24, 2.45) is 12.0 Å². The third-order valence-electron chi connectivity index (χ3n) is 5.52. The number of aryl methyl sites for hydroxylation is 1. The van der Waals surface area contributed by atoms with Gasteiger partial charge in [0.2, 0.25) is 0 Å². The highest BCUT2D eigenvalue weighted by Crippen LogP contribution is 2.18. The van der Waals surface area contributed by atoms with E-state index in [1.807, 2.05) is 13.1 Å². The Bertz CT molecular complexity index is 779. The number of likely N-dealkylation sites (tertiary alicyclic amines) is 1. The smallest absolute Gasteiger partial charge is 0.194 e. The van der Waals surface area contributed by atoms with Gasteiger partial charge in [-0.05, 0) is 18.6 Å². The molecule has 2 aliphatic heterocycles. The maximum Gasteiger partial charge on any atom is 0.194 e. The Labute approximate surface area is 154 Å². The molecule has 2 aromatic rings. The zero-order valence-corrected chi connectivity index (χ0v) is 15.7. The maximum absolute atomic E-state index is 5.48. The van der Waals surface area contributed by atoms with Gasteiger partial charge < -0.3 is 19.5 Å². The normalized spacial score (nSPS) is 22.3. The summed E-state index contributed by atoms with van der Waals surface area (Å²) >= 11 is 0. The van der Waals surface area contributed by atoms with Gasteiger partial charge in [0.1, 0.15) is 5.82 Å². The summed E-state index contributed by atoms with van der Waals surface area (Å²) in [6.07, 6.45) is 1.19. The summed E-state index contributed by atoms with van der Waals surface area (Å²) in [5.41, 5.74) is 2.20. The van der Waals surface area contributed by atoms with Gasteiger partial charge in [0.25, 0.3) is 0 Å². The maximum atomic E-state index is 5.48. The lowest BCUT2D eigenvalue weighted by molar-refractivity contribution is 0.0195. The van der Waals surface area contributed by atoms with Gasteiger partial charge in [-0.1, -0.05) is 12.1 Å². The van der Waals surface area contributed by atoms with Crippen LogP contribution in [-0.4, -0.2) is 77.8 Å². The third-order valence-corrected chi connectivity index (χ3v) is 5.52. The van der Waals surface area contributed by atoms with E-state index in [0.29, 0.717) is 12.6 Å². The molecule has 0 radical (unpaired) electrons. The summed E-state index contributed by atoms with van der Waals surface area (Å²) in [6, 6.07) is 8.85. The minimum atomic E-state index is 0.605. The summed E-state index contributed by atoms with van der Waals surface area (Å²) < 4.78 is 7.63. The van der Waals surface area contributed by atoms with Gasteiger partial charge in [-0.2, -0.15) is 0 Å². The third kappa shape index (κ3) is 3.41. The monoisotopic (exact) mass is 356 g/mol. The van der Waals surface area contributed by atoms with Crippen LogP contribution in [-0.2, 0) is 18.3 Å². The number of hydrogen-bond donors (Lipinski definition) is 1. The molecule has 140 valence electrons. The van der Waals surface area contributed by atoms with Gasteiger partial charge in [0, 0.05) is 46.3 Å². The molecule has 0 saturated carbocycles. The van der Waals surface area contributed by atoms with Crippen molar-refractivity contribution in [1.82, 2.24) is 24.7 Å². The molecule has 7 heteroatoms. The van der Waals surface area contributed by atoms with Gasteiger partial charge in [-0.25, -0.2) is 4.98 Å². The molecule has 1 atom stereocenters. The van der Waals surface area contributed by atoms with E-state index in [4.69, 9.17) is 9.72 Å². The second-order valence-corrected chi connectivity index (χ2v) is 7.01. The molecule has 2 saturated heterocycles. The predicted molar refractivity (Wildman–Crippen MR) is 103 cm³/mol. The molecule has 1 aromatic heterocycles. The molecular formula is C19H28N6O. The van der Waals surface area contributed by atoms with Crippen LogP contribution < -0.4 is 5.32 Å². The number of aromatic nitrogens is 2. The number of ether oxygens (including phenoxy) is 1. The predicted octanol–water partition coefficient (Wildman–Crippen LogP) is 1.06. The zero-order valence-electron chi connectivity index (χ0n) is 15.7. The summed E-state index contributed by atoms with van der Waals surface area (Å²) in [7, 11) is 3.93. The van der Waals surface area contributed by atoms with Crippen LogP contribution in [0.3, 0.4) is 0 Å². The molecular weight excluding hydrogens is 328 g/mol. The molecule has 1 N–H and O–H groups in total. The number of aliphatic imine (C=N–C) groups is 1. The first kappa shape index (κ1) is 17.3. The largest absolute Gasteiger partial charge is 0.379 e. The summed E-state index contributed by atoms with van der Waals surface area (Å²) in [6.45, 7) is 6.56. The molecule has 0 aliphatic carbocycles. The standard InChI is InChI=1S/C19H28N6O/c1-20-19(25-8-7-15(14-25)24-9-11-26-12-10-24)21-13-18-22-16-5-3-4-6-17(16)23(18)2/h3-6,15H,7-14H2,1-2H3,(H,20,21). The Morgan fingerprint density at radius 3 is 2.85 bits per heavy atom. The first-order valence-corrected chi connectivity index (χ1v) is 9.44. The van der Waals surface area contributed by atoms with Crippen molar-refractivity contribution in [3.63, 3.8) is 0 Å². The highest BCUT2D eigenvalue weighted by atomic mass is 16.5. The lowest BCUT2D eigenvalue weighted by atomic mass is 10.2. The fourth-order valence-electron chi connectivity index (χ4n) is 4.02. The van der Waals surface area contributed by atoms with Gasteiger partial charge in [-0.3, -0.25) is 9.89 Å². The molecule has 1 aromatic carbocycles. The van der Waals surface area contributed by atoms with Crippen LogP contribution in [0, 0.1) is 0 Å². The average Bonchev–Trinajstić information content (AvgIpc) is 3.29. The topological polar surface area (TPSA) is 57.9 Å². The van der Waals surface area contributed by atoms with Crippen molar-refractivity contribution >= 4 is 17.0 Å². The zero-order chi connectivity index (χ0) is 17.9. The number of rotatable bonds is 3. The minimum absolute atomic E-state index is 0.605. The van der Waals surface area contributed by atoms with E-state index in [9.17, 15) is 0 Å². The van der Waals surface area contributed by atoms with Gasteiger partial charge in [-0.15, -0.1) is 0 Å². The molecule has 0 amide bonds. The van der Waals surface area contributed by atoms with Crippen molar-refractivity contribution < 1.29 is 4.74 Å². The molecule has 2 fully saturated rings. The van der Waals surface area contributed by atoms with Crippen molar-refractivity contribution in [3.05, 3.63) is 30.1 Å². The number of nitrogens with zero attached hydrogens (tertiary/aromatic N) is 5. The van der Waals surface area contributed by atoms with E-state index < -0.39 is 0 Å². The number of guanidine groups is 1. The Hall–Kier alpha value is -2.12. The van der Waals surface area contributed by atoms with Crippen molar-refractivity contribution in [2.75, 3.05) is 46.4 Å². The SMILES string of the molecule is CN=C(NCc1nc2ccccc2n1C)N1CCC(N2CCOCC2)C1. The van der Waals surface area contributed by atoms with Crippen molar-refractivity contribution in [3.8, 4) is 0 Å². The van der Waals surface area contributed by atoms with E-state index >= 15 is 0 Å². The lowest BCUT2D eigenvalue weighted by Crippen LogP contribution is -2.46. The van der Waals surface area contributed by atoms with Crippen molar-refractivity contribution in [2.45, 2.75) is 19.0 Å². The van der Waals surface area contributed by atoms with Crippen LogP contribution >= 0.6 is 0 Å². The number of nitrogens with one attached hydrogen (secondary N) is 1. The Balaban J connectivity index is 1.38. The summed E-state index contributed by atoms with van der Waals surface area (Å²) in [4.78, 5) is 14.2. The minimum Gasteiger partial charge on any atom is -0.379 e. The number of imidazole rings is 1. The molecule has 26 heavy (non-hydrogen) atoms. The number of benzene rings is 1. The van der Waals surface area contributed by atoms with Crippen LogP contribution in [0.1, 0.15) is 12.2 Å². The van der Waals surface area contributed by atoms with Crippen LogP contribution in [0.15, 0.2) is 29.3 Å². The van der Waals surface area contributed by atoms with Gasteiger partial charge >= 0.3 is 0 Å². The molecule has 1 unspecified atom stereocenters. The number of hydrogen-bond acceptors (Lipinski definition) is 4. The molecule has 3 heterocycles. The Morgan fingerprint density at radius 2 is 2.08 bits per heavy atom. The van der Waals surface area contributed by atoms with Gasteiger partial charge in [0.15, 0.2) is 5.96 Å². The molecule has 0 bridgehead atoms. The van der Waals surface area contributed by atoms with E-state index in [1.54, 1.807) is 0 Å². The quantitative estimate of drug-likeness (QED) is 0.658. The second-order valence-electron chi connectivity index (χ2n) is 7.01. The first-order valence-electron chi connectivity index (χ1n) is 9.44. The van der Waals surface area contributed by atoms with E-state index in [1.165, 1.54) is 6.42 Å². The Morgan fingerprint density at radius 1 is 1.27 bits per heavy atom. The Kier molecular flexibility index (Phi) is 5.08. The number of fused-ring (bicyclic) bond motifs is 1. The highest BCUT2D eigenvalue weighted by Gasteiger charge is 2.30. The first-order chi connectivity index (χ1) is 12.8. The molecule has 7 nitrogen and oxygen atoms in total. The fourth-order valence-corrected chi connectivity index (χ4v) is 4.02. The van der Waals surface area contributed by atoms with Crippen LogP contribution in [0.25, 0.3) is 11.0 Å². The van der Waals surface area contributed by atoms with E-state index in [-0.39, 0.29) is 0 Å². The van der Waals surface area contributed by atoms with Crippen LogP contribution in [0.2, 0.25) is 0 Å². The van der Waals surface area contributed by atoms with Gasteiger partial charge in [0.05, 0.1) is 30.8 Å². The van der Waals surface area contributed by atoms with Crippen LogP contribution in [0.4, 0.5) is 0 Å². The van der Waals surface area contributed by atoms with E-state index in [0.717, 1.165) is 62.2 Å². The van der Waals surface area contributed by atoms with Crippen molar-refractivity contribution in [1.29, 1.82) is 0 Å². The average molecular weight is 356 g/mol. The fraction of sp³-hybridized carbons (Fsp3) is 0.579.